The summed E-state index contributed by atoms with van der Waals surface area (Å²) in [7, 11) is 1.56. The highest BCUT2D eigenvalue weighted by Gasteiger charge is 2.26. The van der Waals surface area contributed by atoms with Crippen molar-refractivity contribution in [3.63, 3.8) is 0 Å². The van der Waals surface area contributed by atoms with Crippen LogP contribution in [0.5, 0.6) is 10.9 Å². The number of aromatic nitrogens is 5. The normalized spacial score (nSPS) is 14.8. The molecule has 38 heavy (non-hydrogen) atoms. The van der Waals surface area contributed by atoms with Gasteiger partial charge in [0.25, 0.3) is 5.19 Å². The molecule has 4 rings (SSSR count). The summed E-state index contributed by atoms with van der Waals surface area (Å²) >= 11 is 1.37. The molecule has 4 heterocycles. The molecular formula is C26H34N8O3S. The minimum absolute atomic E-state index is 0.0942. The summed E-state index contributed by atoms with van der Waals surface area (Å²) in [4.78, 5) is 22.4. The molecule has 1 atom stereocenters. The molecule has 1 saturated heterocycles. The van der Waals surface area contributed by atoms with Crippen molar-refractivity contribution in [2.75, 3.05) is 20.2 Å². The molecule has 1 unspecified atom stereocenters. The molecule has 0 aromatic carbocycles. The molecule has 202 valence electrons. The number of thiazole rings is 1. The molecule has 0 saturated carbocycles. The van der Waals surface area contributed by atoms with E-state index in [1.54, 1.807) is 26.3 Å². The molecule has 1 aliphatic rings. The molecule has 2 N–H and O–H groups in total. The van der Waals surface area contributed by atoms with E-state index in [9.17, 15) is 10.1 Å². The molecule has 0 radical (unpaired) electrons. The Morgan fingerprint density at radius 3 is 2.63 bits per heavy atom. The highest BCUT2D eigenvalue weighted by atomic mass is 32.1. The number of carbonyl (C=O) groups excluding carboxylic acids is 1. The molecule has 1 amide bonds. The van der Waals surface area contributed by atoms with Gasteiger partial charge in [-0.05, 0) is 32.8 Å². The van der Waals surface area contributed by atoms with Gasteiger partial charge in [0.1, 0.15) is 29.3 Å². The van der Waals surface area contributed by atoms with Crippen LogP contribution in [0.1, 0.15) is 69.8 Å². The van der Waals surface area contributed by atoms with Crippen LogP contribution in [0.4, 0.5) is 0 Å². The maximum atomic E-state index is 11.7. The standard InChI is InChI=1S/C24H28N8O3S.C2H6/c1-14-22(29-30-32(14)19-5-7-31(8-6-19)16(3)33)17-9-21(23(27-12-17)18(10-25)11-26)35-15(2)20-13-36-24(28-20)34-4;1-2/h9-10,12-13,15,19H,5-8,25H2,1-4H3;1-2H3/b18-10-;. The number of rotatable bonds is 7. The summed E-state index contributed by atoms with van der Waals surface area (Å²) < 4.78 is 13.3. The van der Waals surface area contributed by atoms with Crippen LogP contribution in [0.25, 0.3) is 16.8 Å². The Bertz CT molecular complexity index is 1320. The van der Waals surface area contributed by atoms with Crippen molar-refractivity contribution in [1.29, 1.82) is 5.26 Å². The number of allylic oxidation sites excluding steroid dienone is 1. The van der Waals surface area contributed by atoms with Crippen LogP contribution in [0.2, 0.25) is 0 Å². The minimum Gasteiger partial charge on any atom is -0.482 e. The van der Waals surface area contributed by atoms with Crippen LogP contribution < -0.4 is 15.2 Å². The van der Waals surface area contributed by atoms with E-state index in [2.05, 4.69) is 26.3 Å². The van der Waals surface area contributed by atoms with Crippen molar-refractivity contribution in [3.8, 4) is 28.3 Å². The Hall–Kier alpha value is -3.98. The van der Waals surface area contributed by atoms with E-state index < -0.39 is 6.10 Å². The van der Waals surface area contributed by atoms with Crippen LogP contribution in [-0.2, 0) is 4.79 Å². The van der Waals surface area contributed by atoms with Crippen LogP contribution in [0, 0.1) is 18.3 Å². The summed E-state index contributed by atoms with van der Waals surface area (Å²) in [6.07, 6.45) is 4.05. The van der Waals surface area contributed by atoms with E-state index in [0.717, 1.165) is 18.5 Å². The Morgan fingerprint density at radius 2 is 2.05 bits per heavy atom. The topological polar surface area (TPSA) is 145 Å². The highest BCUT2D eigenvalue weighted by Crippen LogP contribution is 2.34. The Balaban J connectivity index is 0.00000195. The van der Waals surface area contributed by atoms with Gasteiger partial charge in [-0.3, -0.25) is 9.78 Å². The number of pyridine rings is 1. The molecule has 1 fully saturated rings. The zero-order valence-corrected chi connectivity index (χ0v) is 23.4. The fourth-order valence-corrected chi connectivity index (χ4v) is 4.94. The molecule has 3 aromatic heterocycles. The predicted molar refractivity (Wildman–Crippen MR) is 145 cm³/mol. The summed E-state index contributed by atoms with van der Waals surface area (Å²) in [6, 6.07) is 4.02. The van der Waals surface area contributed by atoms with Crippen molar-refractivity contribution in [2.24, 2.45) is 5.73 Å². The van der Waals surface area contributed by atoms with E-state index >= 15 is 0 Å². The van der Waals surface area contributed by atoms with Gasteiger partial charge >= 0.3 is 0 Å². The van der Waals surface area contributed by atoms with E-state index in [4.69, 9.17) is 15.2 Å². The summed E-state index contributed by atoms with van der Waals surface area (Å²) in [5.74, 6) is 0.477. The number of methoxy groups -OCH3 is 1. The zero-order chi connectivity index (χ0) is 27.8. The number of amides is 1. The second kappa shape index (κ2) is 13.0. The van der Waals surface area contributed by atoms with Crippen molar-refractivity contribution in [2.45, 2.75) is 59.6 Å². The highest BCUT2D eigenvalue weighted by molar-refractivity contribution is 7.11. The van der Waals surface area contributed by atoms with Crippen molar-refractivity contribution in [3.05, 3.63) is 40.9 Å². The van der Waals surface area contributed by atoms with Gasteiger partial charge in [-0.2, -0.15) is 5.26 Å². The molecule has 11 nitrogen and oxygen atoms in total. The lowest BCUT2D eigenvalue weighted by Gasteiger charge is -2.31. The number of hydrogen-bond acceptors (Lipinski definition) is 10. The second-order valence-corrected chi connectivity index (χ2v) is 9.29. The van der Waals surface area contributed by atoms with Crippen molar-refractivity contribution >= 4 is 22.8 Å². The number of hydrogen-bond donors (Lipinski definition) is 1. The molecule has 0 bridgehead atoms. The number of nitriles is 1. The van der Waals surface area contributed by atoms with Gasteiger partial charge < -0.3 is 20.1 Å². The quantitative estimate of drug-likeness (QED) is 0.435. The van der Waals surface area contributed by atoms with Gasteiger partial charge in [0, 0.05) is 43.4 Å². The predicted octanol–water partition coefficient (Wildman–Crippen LogP) is 4.29. The summed E-state index contributed by atoms with van der Waals surface area (Å²) in [6.45, 7) is 10.8. The molecular weight excluding hydrogens is 504 g/mol. The zero-order valence-electron chi connectivity index (χ0n) is 22.6. The number of likely N-dealkylation sites (tertiary alicyclic amines) is 1. The first kappa shape index (κ1) is 28.6. The average molecular weight is 539 g/mol. The lowest BCUT2D eigenvalue weighted by atomic mass is 10.0. The molecule has 1 aliphatic heterocycles. The van der Waals surface area contributed by atoms with Gasteiger partial charge in [0.05, 0.1) is 30.1 Å². The van der Waals surface area contributed by atoms with E-state index in [0.29, 0.717) is 46.7 Å². The van der Waals surface area contributed by atoms with Crippen molar-refractivity contribution < 1.29 is 14.3 Å². The van der Waals surface area contributed by atoms with E-state index in [1.807, 2.05) is 42.7 Å². The van der Waals surface area contributed by atoms with Crippen LogP contribution in [0.15, 0.2) is 23.8 Å². The first-order chi connectivity index (χ1) is 18.4. The average Bonchev–Trinajstić information content (AvgIpc) is 3.58. The fourth-order valence-electron chi connectivity index (χ4n) is 4.22. The SMILES string of the molecule is CC.COc1nc(C(C)Oc2cc(-c3nnn(C4CCN(C(C)=O)CC4)c3C)cnc2/C(C#N)=C\N)cs1. The molecule has 12 heteroatoms. The smallest absolute Gasteiger partial charge is 0.273 e. The number of carbonyl (C=O) groups is 1. The molecule has 0 spiro atoms. The lowest BCUT2D eigenvalue weighted by Crippen LogP contribution is -2.38. The van der Waals surface area contributed by atoms with Gasteiger partial charge in [-0.1, -0.05) is 30.4 Å². The van der Waals surface area contributed by atoms with Crippen LogP contribution in [-0.4, -0.2) is 56.0 Å². The van der Waals surface area contributed by atoms with E-state index in [-0.39, 0.29) is 17.5 Å². The summed E-state index contributed by atoms with van der Waals surface area (Å²) in [5.41, 5.74) is 9.17. The number of piperidine rings is 1. The van der Waals surface area contributed by atoms with Gasteiger partial charge in [-0.25, -0.2) is 9.67 Å². The third-order valence-electron chi connectivity index (χ3n) is 6.25. The van der Waals surface area contributed by atoms with Gasteiger partial charge in [-0.15, -0.1) is 5.10 Å². The second-order valence-electron chi connectivity index (χ2n) is 8.47. The maximum absolute atomic E-state index is 11.7. The van der Waals surface area contributed by atoms with Gasteiger partial charge in [0.2, 0.25) is 5.91 Å². The summed E-state index contributed by atoms with van der Waals surface area (Å²) in [5, 5.41) is 20.8. The Labute approximate surface area is 226 Å². The Morgan fingerprint density at radius 1 is 1.34 bits per heavy atom. The number of ether oxygens (including phenoxy) is 2. The monoisotopic (exact) mass is 538 g/mol. The van der Waals surface area contributed by atoms with Crippen LogP contribution >= 0.6 is 11.3 Å². The maximum Gasteiger partial charge on any atom is 0.273 e. The lowest BCUT2D eigenvalue weighted by molar-refractivity contribution is -0.130. The third-order valence-corrected chi connectivity index (χ3v) is 7.07. The van der Waals surface area contributed by atoms with Crippen LogP contribution in [0.3, 0.4) is 0 Å². The third kappa shape index (κ3) is 6.11. The number of nitrogens with two attached hydrogens (primary N) is 1. The first-order valence-corrected chi connectivity index (χ1v) is 13.4. The van der Waals surface area contributed by atoms with Crippen molar-refractivity contribution in [1.82, 2.24) is 29.9 Å². The molecule has 0 aliphatic carbocycles. The fraction of sp³-hybridized carbons (Fsp3) is 0.462. The number of nitrogens with zero attached hydrogens (tertiary/aromatic N) is 7. The van der Waals surface area contributed by atoms with Gasteiger partial charge in [0.15, 0.2) is 0 Å². The minimum atomic E-state index is -0.429. The molecule has 3 aromatic rings. The first-order valence-electron chi connectivity index (χ1n) is 12.5. The van der Waals surface area contributed by atoms with E-state index in [1.165, 1.54) is 17.5 Å². The Kier molecular flexibility index (Phi) is 9.78. The largest absolute Gasteiger partial charge is 0.482 e.